The normalized spacial score (nSPS) is 14.5. The van der Waals surface area contributed by atoms with Crippen molar-refractivity contribution in [1.29, 1.82) is 0 Å². The molecule has 1 aromatic heterocycles. The number of nitrogens with zero attached hydrogens (tertiary/aromatic N) is 1. The SMILES string of the molecule is O=C(Nc1ccccc1F)c1cc(S(=O)(=O)N2CCc3ccccc3C2)cs1. The van der Waals surface area contributed by atoms with Gasteiger partial charge in [0, 0.05) is 18.5 Å². The standard InChI is InChI=1S/C20H17FN2O3S2/c21-17-7-3-4-8-18(17)22-20(24)19-11-16(13-27-19)28(25,26)23-10-9-14-5-1-2-6-15(14)12-23/h1-8,11,13H,9-10,12H2,(H,22,24). The van der Waals surface area contributed by atoms with Crippen LogP contribution in [0.15, 0.2) is 64.9 Å². The predicted molar refractivity (Wildman–Crippen MR) is 106 cm³/mol. The maximum atomic E-state index is 13.7. The smallest absolute Gasteiger partial charge is 0.265 e. The number of halogens is 1. The molecule has 0 atom stereocenters. The van der Waals surface area contributed by atoms with Crippen LogP contribution in [0.4, 0.5) is 10.1 Å². The van der Waals surface area contributed by atoms with Gasteiger partial charge in [-0.15, -0.1) is 11.3 Å². The Bertz CT molecular complexity index is 1140. The molecule has 1 N–H and O–H groups in total. The molecule has 0 radical (unpaired) electrons. The predicted octanol–water partition coefficient (Wildman–Crippen LogP) is 3.89. The van der Waals surface area contributed by atoms with Crippen molar-refractivity contribution >= 4 is 33.0 Å². The van der Waals surface area contributed by atoms with Crippen LogP contribution in [-0.2, 0) is 23.0 Å². The maximum Gasteiger partial charge on any atom is 0.265 e. The van der Waals surface area contributed by atoms with Gasteiger partial charge in [-0.1, -0.05) is 36.4 Å². The first-order valence-corrected chi connectivity index (χ1v) is 11.0. The third-order valence-corrected chi connectivity index (χ3v) is 7.56. The fraction of sp³-hybridized carbons (Fsp3) is 0.150. The van der Waals surface area contributed by atoms with Crippen molar-refractivity contribution in [2.75, 3.05) is 11.9 Å². The highest BCUT2D eigenvalue weighted by atomic mass is 32.2. The molecule has 1 aliphatic rings. The molecular weight excluding hydrogens is 399 g/mol. The summed E-state index contributed by atoms with van der Waals surface area (Å²) in [5, 5.41) is 3.92. The molecule has 1 aliphatic heterocycles. The molecule has 4 rings (SSSR count). The van der Waals surface area contributed by atoms with Crippen LogP contribution in [-0.4, -0.2) is 25.2 Å². The first-order valence-electron chi connectivity index (χ1n) is 8.66. The summed E-state index contributed by atoms with van der Waals surface area (Å²) in [6, 6.07) is 14.9. The van der Waals surface area contributed by atoms with E-state index in [4.69, 9.17) is 0 Å². The van der Waals surface area contributed by atoms with Crippen molar-refractivity contribution in [3.8, 4) is 0 Å². The van der Waals surface area contributed by atoms with Crippen molar-refractivity contribution in [3.63, 3.8) is 0 Å². The summed E-state index contributed by atoms with van der Waals surface area (Å²) in [4.78, 5) is 12.7. The molecule has 28 heavy (non-hydrogen) atoms. The Morgan fingerprint density at radius 2 is 1.79 bits per heavy atom. The van der Waals surface area contributed by atoms with Crippen molar-refractivity contribution in [3.05, 3.63) is 81.8 Å². The summed E-state index contributed by atoms with van der Waals surface area (Å²) in [7, 11) is -3.71. The lowest BCUT2D eigenvalue weighted by Crippen LogP contribution is -2.35. The molecule has 0 fully saturated rings. The molecule has 3 aromatic rings. The van der Waals surface area contributed by atoms with E-state index in [1.54, 1.807) is 6.07 Å². The summed E-state index contributed by atoms with van der Waals surface area (Å²) in [6.07, 6.45) is 0.653. The van der Waals surface area contributed by atoms with Crippen LogP contribution in [0.1, 0.15) is 20.8 Å². The summed E-state index contributed by atoms with van der Waals surface area (Å²) in [6.45, 7) is 0.705. The number of amides is 1. The number of hydrogen-bond acceptors (Lipinski definition) is 4. The topological polar surface area (TPSA) is 66.5 Å². The van der Waals surface area contributed by atoms with Gasteiger partial charge in [-0.2, -0.15) is 4.31 Å². The van der Waals surface area contributed by atoms with E-state index in [0.29, 0.717) is 19.5 Å². The molecule has 1 amide bonds. The van der Waals surface area contributed by atoms with E-state index < -0.39 is 21.7 Å². The number of hydrogen-bond donors (Lipinski definition) is 1. The van der Waals surface area contributed by atoms with Gasteiger partial charge >= 0.3 is 0 Å². The highest BCUT2D eigenvalue weighted by molar-refractivity contribution is 7.89. The van der Waals surface area contributed by atoms with Gasteiger partial charge in [-0.3, -0.25) is 4.79 Å². The molecule has 2 heterocycles. The molecule has 0 saturated carbocycles. The fourth-order valence-corrected chi connectivity index (χ4v) is 5.72. The number of nitrogens with one attached hydrogen (secondary N) is 1. The maximum absolute atomic E-state index is 13.7. The first-order chi connectivity index (χ1) is 13.4. The van der Waals surface area contributed by atoms with Gasteiger partial charge in [0.15, 0.2) is 0 Å². The highest BCUT2D eigenvalue weighted by Gasteiger charge is 2.29. The average Bonchev–Trinajstić information content (AvgIpc) is 3.20. The van der Waals surface area contributed by atoms with Gasteiger partial charge in [0.1, 0.15) is 5.82 Å². The third-order valence-electron chi connectivity index (χ3n) is 4.65. The number of carbonyl (C=O) groups excluding carboxylic acids is 1. The molecular formula is C20H17FN2O3S2. The zero-order chi connectivity index (χ0) is 19.7. The molecule has 0 saturated heterocycles. The monoisotopic (exact) mass is 416 g/mol. The average molecular weight is 416 g/mol. The van der Waals surface area contributed by atoms with E-state index >= 15 is 0 Å². The van der Waals surface area contributed by atoms with Crippen molar-refractivity contribution in [1.82, 2.24) is 4.31 Å². The van der Waals surface area contributed by atoms with Crippen LogP contribution < -0.4 is 5.32 Å². The van der Waals surface area contributed by atoms with Crippen molar-refractivity contribution in [2.24, 2.45) is 0 Å². The summed E-state index contributed by atoms with van der Waals surface area (Å²) in [5.74, 6) is -1.09. The van der Waals surface area contributed by atoms with E-state index in [9.17, 15) is 17.6 Å². The Balaban J connectivity index is 1.53. The molecule has 144 valence electrons. The minimum Gasteiger partial charge on any atom is -0.319 e. The van der Waals surface area contributed by atoms with E-state index in [-0.39, 0.29) is 15.5 Å². The molecule has 0 unspecified atom stereocenters. The number of anilines is 1. The van der Waals surface area contributed by atoms with Gasteiger partial charge in [0.25, 0.3) is 5.91 Å². The second-order valence-corrected chi connectivity index (χ2v) is 9.29. The highest BCUT2D eigenvalue weighted by Crippen LogP contribution is 2.28. The van der Waals surface area contributed by atoms with Crippen LogP contribution in [0.25, 0.3) is 0 Å². The van der Waals surface area contributed by atoms with Gasteiger partial charge in [0.2, 0.25) is 10.0 Å². The number of carbonyl (C=O) groups is 1. The second kappa shape index (κ2) is 7.46. The van der Waals surface area contributed by atoms with Crippen molar-refractivity contribution in [2.45, 2.75) is 17.9 Å². The van der Waals surface area contributed by atoms with Crippen LogP contribution >= 0.6 is 11.3 Å². The Morgan fingerprint density at radius 3 is 2.57 bits per heavy atom. The van der Waals surface area contributed by atoms with Crippen LogP contribution in [0.3, 0.4) is 0 Å². The van der Waals surface area contributed by atoms with Crippen LogP contribution in [0, 0.1) is 5.82 Å². The number of benzene rings is 2. The molecule has 8 heteroatoms. The van der Waals surface area contributed by atoms with Gasteiger partial charge in [-0.25, -0.2) is 12.8 Å². The number of fused-ring (bicyclic) bond motifs is 1. The van der Waals surface area contributed by atoms with E-state index in [1.807, 2.05) is 24.3 Å². The Labute approximate surface area is 166 Å². The largest absolute Gasteiger partial charge is 0.319 e. The van der Waals surface area contributed by atoms with Crippen molar-refractivity contribution < 1.29 is 17.6 Å². The molecule has 2 aromatic carbocycles. The van der Waals surface area contributed by atoms with Gasteiger partial charge < -0.3 is 5.32 Å². The van der Waals surface area contributed by atoms with Crippen LogP contribution in [0.2, 0.25) is 0 Å². The summed E-state index contributed by atoms with van der Waals surface area (Å²) >= 11 is 1.02. The lowest BCUT2D eigenvalue weighted by Gasteiger charge is -2.27. The van der Waals surface area contributed by atoms with Gasteiger partial charge in [-0.05, 0) is 35.7 Å². The lowest BCUT2D eigenvalue weighted by molar-refractivity contribution is 0.103. The van der Waals surface area contributed by atoms with Gasteiger partial charge in [0.05, 0.1) is 15.5 Å². The zero-order valence-electron chi connectivity index (χ0n) is 14.8. The summed E-state index contributed by atoms with van der Waals surface area (Å²) < 4.78 is 41.1. The molecule has 0 aliphatic carbocycles. The minimum atomic E-state index is -3.71. The summed E-state index contributed by atoms with van der Waals surface area (Å²) in [5.41, 5.74) is 2.20. The third kappa shape index (κ3) is 3.58. The zero-order valence-corrected chi connectivity index (χ0v) is 16.4. The second-order valence-electron chi connectivity index (χ2n) is 6.44. The van der Waals surface area contributed by atoms with E-state index in [2.05, 4.69) is 5.32 Å². The van der Waals surface area contributed by atoms with Crippen LogP contribution in [0.5, 0.6) is 0 Å². The molecule has 5 nitrogen and oxygen atoms in total. The fourth-order valence-electron chi connectivity index (χ4n) is 3.14. The quantitative estimate of drug-likeness (QED) is 0.702. The van der Waals surface area contributed by atoms with E-state index in [0.717, 1.165) is 22.5 Å². The van der Waals surface area contributed by atoms with E-state index in [1.165, 1.54) is 34.0 Å². The Morgan fingerprint density at radius 1 is 1.07 bits per heavy atom. The Hall–Kier alpha value is -2.55. The number of sulfonamides is 1. The molecule has 0 bridgehead atoms. The number of rotatable bonds is 4. The Kier molecular flexibility index (Phi) is 5.01. The number of thiophene rings is 1. The number of para-hydroxylation sites is 1. The first kappa shape index (κ1) is 18.8. The lowest BCUT2D eigenvalue weighted by atomic mass is 10.0. The molecule has 0 spiro atoms. The minimum absolute atomic E-state index is 0.0537.